The Hall–Kier alpha value is -2.23. The fraction of sp³-hybridized carbons (Fsp3) is 0.444. The number of aryl methyl sites for hydroxylation is 2. The molecule has 1 amide bonds. The van der Waals surface area contributed by atoms with Crippen molar-refractivity contribution in [2.24, 2.45) is 13.0 Å². The molecule has 2 fully saturated rings. The first kappa shape index (κ1) is 18.1. The number of fused-ring (bicyclic) bond motifs is 1. The summed E-state index contributed by atoms with van der Waals surface area (Å²) in [5.74, 6) is -0.158. The van der Waals surface area contributed by atoms with Gasteiger partial charge in [0.05, 0.1) is 6.04 Å². The van der Waals surface area contributed by atoms with Crippen LogP contribution in [0.4, 0.5) is 0 Å². The number of aliphatic hydroxyl groups excluding tert-OH is 1. The number of imidazole rings is 1. The minimum Gasteiger partial charge on any atom is -0.383 e. The van der Waals surface area contributed by atoms with Crippen LogP contribution < -0.4 is 0 Å². The predicted octanol–water partition coefficient (Wildman–Crippen LogP) is 0.121. The summed E-state index contributed by atoms with van der Waals surface area (Å²) in [5.41, 5.74) is 0.945. The van der Waals surface area contributed by atoms with Crippen LogP contribution in [-0.4, -0.2) is 63.4 Å². The Kier molecular flexibility index (Phi) is 4.32. The molecule has 1 aromatic heterocycles. The smallest absolute Gasteiger partial charge is 0.262 e. The van der Waals surface area contributed by atoms with Crippen molar-refractivity contribution in [1.29, 1.82) is 0 Å². The molecule has 0 spiro atoms. The van der Waals surface area contributed by atoms with Gasteiger partial charge in [0, 0.05) is 38.8 Å². The van der Waals surface area contributed by atoms with Crippen molar-refractivity contribution in [3.63, 3.8) is 0 Å². The van der Waals surface area contributed by atoms with Gasteiger partial charge in [0.25, 0.3) is 15.9 Å². The van der Waals surface area contributed by atoms with Crippen molar-refractivity contribution in [1.82, 2.24) is 18.8 Å². The number of sulfonamides is 1. The van der Waals surface area contributed by atoms with Crippen LogP contribution in [0, 0.1) is 12.8 Å². The molecule has 0 aliphatic carbocycles. The van der Waals surface area contributed by atoms with Crippen LogP contribution in [0.25, 0.3) is 0 Å². The number of hydrogen-bond donors (Lipinski definition) is 1. The van der Waals surface area contributed by atoms with Crippen molar-refractivity contribution in [3.8, 4) is 0 Å². The number of aliphatic hydroxyl groups is 1. The van der Waals surface area contributed by atoms with Crippen LogP contribution in [0.15, 0.2) is 41.6 Å². The molecule has 3 heterocycles. The van der Waals surface area contributed by atoms with Crippen molar-refractivity contribution >= 4 is 15.9 Å². The third-order valence-electron chi connectivity index (χ3n) is 5.53. The summed E-state index contributed by atoms with van der Waals surface area (Å²) in [5, 5.41) is 10.4. The highest BCUT2D eigenvalue weighted by molar-refractivity contribution is 7.89. The maximum absolute atomic E-state index is 12.9. The molecule has 0 radical (unpaired) electrons. The lowest BCUT2D eigenvalue weighted by Crippen LogP contribution is -2.40. The van der Waals surface area contributed by atoms with E-state index in [-0.39, 0.29) is 30.1 Å². The molecule has 144 valence electrons. The molecule has 2 aliphatic heterocycles. The molecule has 0 unspecified atom stereocenters. The fourth-order valence-electron chi connectivity index (χ4n) is 3.89. The van der Waals surface area contributed by atoms with Crippen LogP contribution in [0.2, 0.25) is 0 Å². The van der Waals surface area contributed by atoms with Gasteiger partial charge in [-0.1, -0.05) is 30.3 Å². The lowest BCUT2D eigenvalue weighted by Gasteiger charge is -2.24. The van der Waals surface area contributed by atoms with Gasteiger partial charge in [-0.3, -0.25) is 4.79 Å². The van der Waals surface area contributed by atoms with Gasteiger partial charge in [-0.05, 0) is 12.5 Å². The van der Waals surface area contributed by atoms with E-state index in [0.717, 1.165) is 5.56 Å². The first-order chi connectivity index (χ1) is 12.8. The van der Waals surface area contributed by atoms with E-state index >= 15 is 0 Å². The minimum atomic E-state index is -3.77. The minimum absolute atomic E-state index is 0.00195. The van der Waals surface area contributed by atoms with Crippen LogP contribution in [0.1, 0.15) is 11.4 Å². The quantitative estimate of drug-likeness (QED) is 0.800. The average Bonchev–Trinajstić information content (AvgIpc) is 3.29. The molecule has 9 heteroatoms. The van der Waals surface area contributed by atoms with E-state index in [1.807, 2.05) is 30.3 Å². The number of aromatic nitrogens is 2. The van der Waals surface area contributed by atoms with E-state index < -0.39 is 22.0 Å². The Morgan fingerprint density at radius 2 is 1.93 bits per heavy atom. The van der Waals surface area contributed by atoms with Crippen molar-refractivity contribution in [2.45, 2.75) is 30.6 Å². The molecular formula is C18H22N4O4S. The Balaban J connectivity index is 1.59. The maximum atomic E-state index is 12.9. The first-order valence-corrected chi connectivity index (χ1v) is 10.3. The average molecular weight is 390 g/mol. The third-order valence-corrected chi connectivity index (χ3v) is 7.23. The van der Waals surface area contributed by atoms with Gasteiger partial charge in [-0.2, -0.15) is 4.31 Å². The Bertz CT molecular complexity index is 953. The second kappa shape index (κ2) is 6.43. The van der Waals surface area contributed by atoms with E-state index in [2.05, 4.69) is 4.98 Å². The summed E-state index contributed by atoms with van der Waals surface area (Å²) in [4.78, 5) is 18.2. The van der Waals surface area contributed by atoms with Gasteiger partial charge in [-0.15, -0.1) is 0 Å². The van der Waals surface area contributed by atoms with Gasteiger partial charge in [0.2, 0.25) is 0 Å². The molecule has 1 aromatic carbocycles. The predicted molar refractivity (Wildman–Crippen MR) is 97.0 cm³/mol. The molecule has 0 saturated carbocycles. The molecule has 4 rings (SSSR count). The molecule has 3 atom stereocenters. The normalized spacial score (nSPS) is 26.0. The second-order valence-corrected chi connectivity index (χ2v) is 9.07. The van der Waals surface area contributed by atoms with Crippen molar-refractivity contribution in [2.75, 3.05) is 13.1 Å². The Morgan fingerprint density at radius 3 is 2.56 bits per heavy atom. The third kappa shape index (κ3) is 2.95. The van der Waals surface area contributed by atoms with E-state index in [4.69, 9.17) is 0 Å². The summed E-state index contributed by atoms with van der Waals surface area (Å²) in [6, 6.07) is 9.15. The molecule has 2 aromatic rings. The van der Waals surface area contributed by atoms with Gasteiger partial charge in [0.15, 0.2) is 5.03 Å². The standard InChI is InChI=1S/C18H22N4O4S/c1-12-19-16(11-20(12)2)27(25,26)21-9-14-15(10-21)22(18(24)17(14)23)8-13-6-4-3-5-7-13/h3-7,11,14-15,17,23H,8-10H2,1-2H3/t14-,15+,17-/m0/s1. The Morgan fingerprint density at radius 1 is 1.22 bits per heavy atom. The zero-order chi connectivity index (χ0) is 19.3. The molecular weight excluding hydrogens is 368 g/mol. The number of rotatable bonds is 4. The molecule has 27 heavy (non-hydrogen) atoms. The van der Waals surface area contributed by atoms with E-state index in [9.17, 15) is 18.3 Å². The number of nitrogens with zero attached hydrogens (tertiary/aromatic N) is 4. The molecule has 8 nitrogen and oxygen atoms in total. The van der Waals surface area contributed by atoms with Crippen LogP contribution in [0.5, 0.6) is 0 Å². The summed E-state index contributed by atoms with van der Waals surface area (Å²) >= 11 is 0. The van der Waals surface area contributed by atoms with E-state index in [0.29, 0.717) is 12.4 Å². The maximum Gasteiger partial charge on any atom is 0.262 e. The van der Waals surface area contributed by atoms with Crippen LogP contribution in [-0.2, 0) is 28.4 Å². The monoisotopic (exact) mass is 390 g/mol. The highest BCUT2D eigenvalue weighted by atomic mass is 32.2. The van der Waals surface area contributed by atoms with Gasteiger partial charge in [0.1, 0.15) is 11.9 Å². The lowest BCUT2D eigenvalue weighted by atomic mass is 10.0. The number of likely N-dealkylation sites (tertiary alicyclic amines) is 1. The van der Waals surface area contributed by atoms with E-state index in [1.54, 1.807) is 23.4 Å². The van der Waals surface area contributed by atoms with Crippen molar-refractivity contribution < 1.29 is 18.3 Å². The summed E-state index contributed by atoms with van der Waals surface area (Å²) in [6.45, 7) is 2.37. The zero-order valence-electron chi connectivity index (χ0n) is 15.2. The number of carbonyl (C=O) groups excluding carboxylic acids is 1. The zero-order valence-corrected chi connectivity index (χ0v) is 16.0. The van der Waals surface area contributed by atoms with Crippen LogP contribution >= 0.6 is 0 Å². The summed E-state index contributed by atoms with van der Waals surface area (Å²) < 4.78 is 28.9. The molecule has 2 aliphatic rings. The second-order valence-electron chi connectivity index (χ2n) is 7.19. The molecule has 1 N–H and O–H groups in total. The number of amides is 1. The Labute approximate surface area is 158 Å². The number of hydrogen-bond acceptors (Lipinski definition) is 5. The molecule has 0 bridgehead atoms. The highest BCUT2D eigenvalue weighted by Crippen LogP contribution is 2.36. The SMILES string of the molecule is Cc1nc(S(=O)(=O)N2C[C@@H]3[C@H](O)C(=O)N(Cc4ccccc4)[C@@H]3C2)cn1C. The highest BCUT2D eigenvalue weighted by Gasteiger charge is 2.54. The van der Waals surface area contributed by atoms with Crippen molar-refractivity contribution in [3.05, 3.63) is 47.9 Å². The summed E-state index contributed by atoms with van der Waals surface area (Å²) in [7, 11) is -2.03. The van der Waals surface area contributed by atoms with Gasteiger partial charge >= 0.3 is 0 Å². The lowest BCUT2D eigenvalue weighted by molar-refractivity contribution is -0.136. The number of carbonyl (C=O) groups is 1. The largest absolute Gasteiger partial charge is 0.383 e. The number of benzene rings is 1. The molecule has 2 saturated heterocycles. The van der Waals surface area contributed by atoms with Crippen LogP contribution in [0.3, 0.4) is 0 Å². The van der Waals surface area contributed by atoms with E-state index in [1.165, 1.54) is 10.5 Å². The topological polar surface area (TPSA) is 95.7 Å². The fourth-order valence-corrected chi connectivity index (χ4v) is 5.41. The van der Waals surface area contributed by atoms with Gasteiger partial charge < -0.3 is 14.6 Å². The summed E-state index contributed by atoms with van der Waals surface area (Å²) in [6.07, 6.45) is 0.312. The first-order valence-electron chi connectivity index (χ1n) is 8.81. The van der Waals surface area contributed by atoms with Gasteiger partial charge in [-0.25, -0.2) is 13.4 Å².